The average molecular weight is 625 g/mol. The highest BCUT2D eigenvalue weighted by molar-refractivity contribution is 5.78. The smallest absolute Gasteiger partial charge is 0.312 e. The van der Waals surface area contributed by atoms with Gasteiger partial charge < -0.3 is 53.6 Å². The molecule has 3 aromatic carbocycles. The van der Waals surface area contributed by atoms with Crippen molar-refractivity contribution < 1.29 is 58.4 Å². The predicted octanol–water partition coefficient (Wildman–Crippen LogP) is 1.56. The van der Waals surface area contributed by atoms with E-state index in [1.54, 1.807) is 36.4 Å². The van der Waals surface area contributed by atoms with E-state index in [4.69, 9.17) is 33.2 Å². The van der Waals surface area contributed by atoms with Crippen molar-refractivity contribution in [3.63, 3.8) is 0 Å². The Bertz CT molecular complexity index is 1500. The summed E-state index contributed by atoms with van der Waals surface area (Å²) < 4.78 is 40.7. The van der Waals surface area contributed by atoms with Crippen LogP contribution in [0.5, 0.6) is 17.2 Å². The number of hydrogen-bond donors (Lipinski definition) is 4. The molecular formula is C33H36O12. The topological polar surface area (TPSA) is 163 Å². The van der Waals surface area contributed by atoms with E-state index in [1.807, 2.05) is 24.3 Å². The Morgan fingerprint density at radius 3 is 2.33 bits per heavy atom. The molecule has 6 rings (SSSR count). The molecule has 1 aliphatic carbocycles. The lowest BCUT2D eigenvalue weighted by Gasteiger charge is -2.40. The molecule has 0 amide bonds. The highest BCUT2D eigenvalue weighted by atomic mass is 16.8. The Morgan fingerprint density at radius 2 is 1.71 bits per heavy atom. The molecule has 4 N–H and O–H groups in total. The minimum absolute atomic E-state index is 0.0382. The number of hydrogen-bond acceptors (Lipinski definition) is 12. The van der Waals surface area contributed by atoms with Crippen LogP contribution in [0.4, 0.5) is 0 Å². The molecule has 0 aromatic heterocycles. The number of aliphatic hydroxyl groups excluding tert-OH is 3. The lowest BCUT2D eigenvalue weighted by Crippen LogP contribution is -2.52. The van der Waals surface area contributed by atoms with E-state index < -0.39 is 66.5 Å². The first-order valence-electron chi connectivity index (χ1n) is 14.5. The lowest BCUT2D eigenvalue weighted by molar-refractivity contribution is -0.324. The maximum absolute atomic E-state index is 13.4. The third-order valence-corrected chi connectivity index (χ3v) is 8.93. The van der Waals surface area contributed by atoms with E-state index in [-0.39, 0.29) is 29.4 Å². The minimum atomic E-state index is -2.21. The number of fused-ring (bicyclic) bond motifs is 3. The van der Waals surface area contributed by atoms with Gasteiger partial charge in [0, 0.05) is 25.2 Å². The van der Waals surface area contributed by atoms with Crippen LogP contribution in [0.25, 0.3) is 0 Å². The summed E-state index contributed by atoms with van der Waals surface area (Å²) in [5, 5.41) is 44.5. The van der Waals surface area contributed by atoms with Gasteiger partial charge >= 0.3 is 5.97 Å². The van der Waals surface area contributed by atoms with Crippen LogP contribution in [0.2, 0.25) is 0 Å². The van der Waals surface area contributed by atoms with Gasteiger partial charge in [0.25, 0.3) is 6.29 Å². The van der Waals surface area contributed by atoms with Gasteiger partial charge in [-0.3, -0.25) is 4.79 Å². The molecule has 3 aromatic rings. The number of esters is 1. The molecule has 2 aliphatic heterocycles. The van der Waals surface area contributed by atoms with E-state index in [9.17, 15) is 25.2 Å². The number of methoxy groups -OCH3 is 3. The summed E-state index contributed by atoms with van der Waals surface area (Å²) in [7, 11) is 4.03. The third-order valence-electron chi connectivity index (χ3n) is 8.93. The van der Waals surface area contributed by atoms with Crippen LogP contribution in [-0.4, -0.2) is 91.8 Å². The van der Waals surface area contributed by atoms with E-state index >= 15 is 0 Å². The zero-order valence-electron chi connectivity index (χ0n) is 24.9. The Balaban J connectivity index is 1.51. The van der Waals surface area contributed by atoms with Crippen LogP contribution in [0, 0.1) is 5.92 Å². The van der Waals surface area contributed by atoms with Crippen molar-refractivity contribution in [2.45, 2.75) is 48.0 Å². The number of ether oxygens (including phenoxy) is 7. The van der Waals surface area contributed by atoms with Gasteiger partial charge in [-0.05, 0) is 11.1 Å². The van der Waals surface area contributed by atoms with E-state index in [0.717, 1.165) is 0 Å². The molecule has 1 saturated heterocycles. The first kappa shape index (κ1) is 31.2. The summed E-state index contributed by atoms with van der Waals surface area (Å²) in [4.78, 5) is 13.4. The highest BCUT2D eigenvalue weighted by Crippen LogP contribution is 2.70. The summed E-state index contributed by atoms with van der Waals surface area (Å²) in [6, 6.07) is 21.0. The number of aliphatic hydroxyl groups is 4. The molecule has 2 heterocycles. The van der Waals surface area contributed by atoms with Crippen LogP contribution < -0.4 is 14.2 Å². The molecular weight excluding hydrogens is 588 g/mol. The van der Waals surface area contributed by atoms with Gasteiger partial charge in [-0.15, -0.1) is 0 Å². The fraction of sp³-hybridized carbons (Fsp3) is 0.424. The van der Waals surface area contributed by atoms with Crippen LogP contribution in [0.15, 0.2) is 72.8 Å². The molecule has 0 bridgehead atoms. The van der Waals surface area contributed by atoms with Crippen molar-refractivity contribution in [3.05, 3.63) is 89.5 Å². The van der Waals surface area contributed by atoms with Gasteiger partial charge in [0.15, 0.2) is 11.2 Å². The van der Waals surface area contributed by atoms with Crippen molar-refractivity contribution in [1.29, 1.82) is 0 Å². The molecule has 0 unspecified atom stereocenters. The largest absolute Gasteiger partial charge is 0.496 e. The zero-order valence-corrected chi connectivity index (χ0v) is 24.9. The minimum Gasteiger partial charge on any atom is -0.496 e. The average Bonchev–Trinajstić information content (AvgIpc) is 3.46. The van der Waals surface area contributed by atoms with Crippen LogP contribution in [0.1, 0.15) is 22.6 Å². The van der Waals surface area contributed by atoms with Gasteiger partial charge in [0.05, 0.1) is 38.9 Å². The maximum atomic E-state index is 13.4. The predicted molar refractivity (Wildman–Crippen MR) is 155 cm³/mol. The molecule has 0 radical (unpaired) electrons. The second-order valence-corrected chi connectivity index (χ2v) is 11.2. The summed E-state index contributed by atoms with van der Waals surface area (Å²) >= 11 is 0. The van der Waals surface area contributed by atoms with Crippen LogP contribution in [-0.2, 0) is 34.9 Å². The summed E-state index contributed by atoms with van der Waals surface area (Å²) in [6.45, 7) is -0.583. The molecule has 1 saturated carbocycles. The SMILES string of the molecule is COC(=O)[C@H]1[C@@H](O)[C@@]2(O)c3c(OC)cc(O[C@@H]4O[C@@H]([C@@H](O)CO)CO[C@H]4OC)cc3O[C@@]2(c2ccccc2)[C@@H]1c1ccccc1. The Kier molecular flexibility index (Phi) is 8.48. The van der Waals surface area contributed by atoms with E-state index in [0.29, 0.717) is 11.1 Å². The molecule has 45 heavy (non-hydrogen) atoms. The first-order valence-corrected chi connectivity index (χ1v) is 14.5. The maximum Gasteiger partial charge on any atom is 0.312 e. The van der Waals surface area contributed by atoms with Gasteiger partial charge in [0.2, 0.25) is 6.29 Å². The number of carbonyl (C=O) groups is 1. The van der Waals surface area contributed by atoms with Crippen molar-refractivity contribution in [3.8, 4) is 17.2 Å². The van der Waals surface area contributed by atoms with Crippen molar-refractivity contribution in [2.24, 2.45) is 5.92 Å². The van der Waals surface area contributed by atoms with Crippen molar-refractivity contribution >= 4 is 5.97 Å². The van der Waals surface area contributed by atoms with Gasteiger partial charge in [0.1, 0.15) is 35.6 Å². The highest BCUT2D eigenvalue weighted by Gasteiger charge is 2.78. The molecule has 12 nitrogen and oxygen atoms in total. The molecule has 3 aliphatic rings. The Labute approximate surface area is 259 Å². The van der Waals surface area contributed by atoms with E-state index in [2.05, 4.69) is 0 Å². The number of rotatable bonds is 9. The van der Waals surface area contributed by atoms with Gasteiger partial charge in [-0.25, -0.2) is 0 Å². The molecule has 240 valence electrons. The lowest BCUT2D eigenvalue weighted by atomic mass is 9.70. The third kappa shape index (κ3) is 4.76. The Morgan fingerprint density at radius 1 is 1.02 bits per heavy atom. The fourth-order valence-corrected chi connectivity index (χ4v) is 6.96. The standard InChI is InChI=1S/C33H36O12/c1-39-22-14-20(43-31-30(41-3)42-17-24(44-31)21(35)16-34)15-23-27(22)32(38)28(36)25(29(37)40-2)26(18-10-6-4-7-11-18)33(32,45-23)19-12-8-5-9-13-19/h4-15,21,24-26,28,30-31,34-36,38H,16-17H2,1-3H3/t21-,24+,25+,26+,28+,30+,31+,32-,33-/m0/s1. The normalized spacial score (nSPS) is 32.6. The van der Waals surface area contributed by atoms with Crippen molar-refractivity contribution in [1.82, 2.24) is 0 Å². The Hall–Kier alpha value is -3.75. The summed E-state index contributed by atoms with van der Waals surface area (Å²) in [5.41, 5.74) is -2.66. The fourth-order valence-electron chi connectivity index (χ4n) is 6.96. The number of carbonyl (C=O) groups excluding carboxylic acids is 1. The molecule has 12 heteroatoms. The number of benzene rings is 3. The first-order chi connectivity index (χ1) is 21.7. The molecule has 9 atom stereocenters. The zero-order chi connectivity index (χ0) is 31.9. The molecule has 2 fully saturated rings. The van der Waals surface area contributed by atoms with Crippen LogP contribution in [0.3, 0.4) is 0 Å². The summed E-state index contributed by atoms with van der Waals surface area (Å²) in [6.07, 6.45) is -5.94. The van der Waals surface area contributed by atoms with Gasteiger partial charge in [-0.2, -0.15) is 0 Å². The molecule has 0 spiro atoms. The monoisotopic (exact) mass is 624 g/mol. The van der Waals surface area contributed by atoms with Gasteiger partial charge in [-0.1, -0.05) is 60.7 Å². The second-order valence-electron chi connectivity index (χ2n) is 11.2. The quantitative estimate of drug-likeness (QED) is 0.255. The summed E-state index contributed by atoms with van der Waals surface area (Å²) in [5.74, 6) is -2.43. The van der Waals surface area contributed by atoms with E-state index in [1.165, 1.54) is 33.5 Å². The second kappa shape index (κ2) is 12.2. The van der Waals surface area contributed by atoms with Crippen molar-refractivity contribution in [2.75, 3.05) is 34.5 Å². The van der Waals surface area contributed by atoms with Crippen LogP contribution >= 0.6 is 0 Å².